The number of hydrogen-bond acceptors (Lipinski definition) is 15. The lowest BCUT2D eigenvalue weighted by atomic mass is 9.97. The van der Waals surface area contributed by atoms with E-state index in [1.165, 1.54) is 28.7 Å². The lowest BCUT2D eigenvalue weighted by molar-refractivity contribution is 0.0991. The molecule has 7 aromatic rings. The molecule has 0 saturated carbocycles. The van der Waals surface area contributed by atoms with Gasteiger partial charge in [-0.05, 0) is 79.9 Å². The highest BCUT2D eigenvalue weighted by Gasteiger charge is 2.20. The molecule has 2 aliphatic heterocycles. The van der Waals surface area contributed by atoms with Gasteiger partial charge in [-0.1, -0.05) is 77.5 Å². The number of rotatable bonds is 15. The number of pyridine rings is 1. The molecule has 70 heavy (non-hydrogen) atoms. The van der Waals surface area contributed by atoms with Gasteiger partial charge in [0, 0.05) is 114 Å². The Balaban J connectivity index is 0.000000190. The summed E-state index contributed by atoms with van der Waals surface area (Å²) in [6.45, 7) is 15.4. The van der Waals surface area contributed by atoms with Crippen LogP contribution in [-0.4, -0.2) is 134 Å². The molecule has 2 saturated heterocycles. The van der Waals surface area contributed by atoms with E-state index in [1.54, 1.807) is 18.5 Å². The number of aliphatic hydroxyl groups excluding tert-OH is 1. The third kappa shape index (κ3) is 13.6. The van der Waals surface area contributed by atoms with E-state index in [0.29, 0.717) is 51.7 Å². The van der Waals surface area contributed by atoms with Crippen LogP contribution >= 0.6 is 22.9 Å². The highest BCUT2D eigenvalue weighted by Crippen LogP contribution is 2.29. The Bertz CT molecular complexity index is 2850. The summed E-state index contributed by atoms with van der Waals surface area (Å²) in [6, 6.07) is 27.6. The van der Waals surface area contributed by atoms with E-state index in [-0.39, 0.29) is 18.3 Å². The van der Waals surface area contributed by atoms with Crippen LogP contribution in [0.3, 0.4) is 0 Å². The van der Waals surface area contributed by atoms with Gasteiger partial charge in [-0.3, -0.25) is 24.4 Å². The number of aryl methyl sites for hydroxylation is 3. The van der Waals surface area contributed by atoms with Gasteiger partial charge in [0.25, 0.3) is 5.91 Å². The van der Waals surface area contributed by atoms with Gasteiger partial charge in [-0.25, -0.2) is 24.9 Å². The van der Waals surface area contributed by atoms with Gasteiger partial charge in [-0.2, -0.15) is 0 Å². The first-order valence-electron chi connectivity index (χ1n) is 23.5. The predicted octanol–water partition coefficient (Wildman–Crippen LogP) is 7.92. The van der Waals surface area contributed by atoms with Crippen LogP contribution in [0.5, 0.6) is 0 Å². The maximum Gasteiger partial charge on any atom is 0.267 e. The number of β-amino-alcohol motifs (C(OH)–C–C–N with tert-alkyl or cyclic N) is 1. The Hall–Kier alpha value is -6.53. The van der Waals surface area contributed by atoms with E-state index in [9.17, 15) is 9.59 Å². The first-order valence-corrected chi connectivity index (χ1v) is 24.7. The number of amides is 1. The quantitative estimate of drug-likeness (QED) is 0.0848. The zero-order valence-electron chi connectivity index (χ0n) is 40.1. The molecule has 3 aromatic carbocycles. The van der Waals surface area contributed by atoms with Crippen molar-refractivity contribution < 1.29 is 14.7 Å². The topological polar surface area (TPSA) is 169 Å². The van der Waals surface area contributed by atoms with Crippen LogP contribution in [0.1, 0.15) is 59.5 Å². The smallest absolute Gasteiger partial charge is 0.267 e. The molecule has 0 aliphatic carbocycles. The fourth-order valence-corrected chi connectivity index (χ4v) is 9.32. The molecular weight excluding hydrogens is 920 g/mol. The fraction of sp³-hybridized carbons (Fsp3) is 0.321. The van der Waals surface area contributed by atoms with Gasteiger partial charge in [0.05, 0.1) is 29.2 Å². The number of carbonyl (C=O) groups excluding carboxylic acids is 2. The molecule has 1 amide bonds. The lowest BCUT2D eigenvalue weighted by Gasteiger charge is -2.35. The summed E-state index contributed by atoms with van der Waals surface area (Å²) >= 11 is 7.46. The Morgan fingerprint density at radius 1 is 0.771 bits per heavy atom. The third-order valence-electron chi connectivity index (χ3n) is 12.4. The fourth-order valence-electron chi connectivity index (χ4n) is 8.33. The van der Waals surface area contributed by atoms with Crippen LogP contribution in [0.25, 0.3) is 11.3 Å². The third-order valence-corrected chi connectivity index (χ3v) is 13.7. The maximum atomic E-state index is 13.1. The monoisotopic (exact) mass is 978 g/mol. The van der Waals surface area contributed by atoms with E-state index in [2.05, 4.69) is 93.4 Å². The van der Waals surface area contributed by atoms with E-state index >= 15 is 0 Å². The normalized spacial score (nSPS) is 14.5. The maximum absolute atomic E-state index is 13.1. The van der Waals surface area contributed by atoms with Crippen molar-refractivity contribution in [2.45, 2.75) is 40.2 Å². The van der Waals surface area contributed by atoms with Crippen LogP contribution in [-0.2, 0) is 19.4 Å². The van der Waals surface area contributed by atoms with Crippen LogP contribution in [0.15, 0.2) is 110 Å². The molecule has 0 unspecified atom stereocenters. The number of thiazole rings is 1. The van der Waals surface area contributed by atoms with Gasteiger partial charge >= 0.3 is 0 Å². The molecule has 0 bridgehead atoms. The van der Waals surface area contributed by atoms with Gasteiger partial charge < -0.3 is 25.5 Å². The molecule has 6 heterocycles. The number of nitrogens with one attached hydrogen (secondary N) is 2. The number of para-hydroxylation sites is 1. The number of carbonyl (C=O) groups is 2. The van der Waals surface area contributed by atoms with Gasteiger partial charge in [0.15, 0.2) is 10.9 Å². The summed E-state index contributed by atoms with van der Waals surface area (Å²) in [5.41, 5.74) is 8.65. The second-order valence-electron chi connectivity index (χ2n) is 17.7. The van der Waals surface area contributed by atoms with E-state index < -0.39 is 0 Å². The zero-order valence-corrected chi connectivity index (χ0v) is 41.7. The van der Waals surface area contributed by atoms with Crippen molar-refractivity contribution in [3.05, 3.63) is 165 Å². The number of aliphatic hydroxyl groups is 1. The number of aromatic nitrogens is 6. The highest BCUT2D eigenvalue weighted by atomic mass is 35.5. The predicted molar refractivity (Wildman–Crippen MR) is 279 cm³/mol. The second kappa shape index (κ2) is 23.9. The minimum atomic E-state index is -0.267. The van der Waals surface area contributed by atoms with E-state index in [0.717, 1.165) is 104 Å². The van der Waals surface area contributed by atoms with Crippen LogP contribution in [0, 0.1) is 20.8 Å². The number of ketones is 1. The number of anilines is 4. The van der Waals surface area contributed by atoms with Crippen LogP contribution in [0.4, 0.5) is 22.5 Å². The minimum Gasteiger partial charge on any atom is -0.395 e. The number of piperazine rings is 2. The van der Waals surface area contributed by atoms with Crippen molar-refractivity contribution in [3.63, 3.8) is 0 Å². The molecular formula is C53H59ClN12O3S. The summed E-state index contributed by atoms with van der Waals surface area (Å²) in [5.74, 6) is 2.74. The molecule has 0 atom stereocenters. The van der Waals surface area contributed by atoms with Crippen molar-refractivity contribution in [2.75, 3.05) is 88.1 Å². The van der Waals surface area contributed by atoms with Crippen molar-refractivity contribution in [3.8, 4) is 11.3 Å². The average Bonchev–Trinajstić information content (AvgIpc) is 3.84. The Labute approximate surface area is 418 Å². The van der Waals surface area contributed by atoms with E-state index in [4.69, 9.17) is 21.7 Å². The largest absolute Gasteiger partial charge is 0.395 e. The first-order chi connectivity index (χ1) is 34.0. The summed E-state index contributed by atoms with van der Waals surface area (Å²) in [6.07, 6.45) is 7.88. The molecule has 17 heteroatoms. The molecule has 4 aromatic heterocycles. The van der Waals surface area contributed by atoms with Crippen molar-refractivity contribution in [2.24, 2.45) is 0 Å². The van der Waals surface area contributed by atoms with Crippen molar-refractivity contribution in [1.29, 1.82) is 0 Å². The molecule has 2 fully saturated rings. The Morgan fingerprint density at radius 3 is 2.29 bits per heavy atom. The van der Waals surface area contributed by atoms with Crippen molar-refractivity contribution in [1.82, 2.24) is 44.6 Å². The molecule has 0 radical (unpaired) electrons. The zero-order chi connectivity index (χ0) is 49.0. The van der Waals surface area contributed by atoms with Gasteiger partial charge in [-0.15, -0.1) is 0 Å². The van der Waals surface area contributed by atoms with Gasteiger partial charge in [0.1, 0.15) is 28.2 Å². The van der Waals surface area contributed by atoms with Crippen LogP contribution in [0.2, 0.25) is 5.02 Å². The molecule has 15 nitrogen and oxygen atoms in total. The molecule has 2 aliphatic rings. The lowest BCUT2D eigenvalue weighted by Crippen LogP contribution is -2.47. The summed E-state index contributed by atoms with van der Waals surface area (Å²) in [4.78, 5) is 62.3. The number of likely N-dealkylation sites (N-methyl/N-ethyl adjacent to an activating group) is 1. The Morgan fingerprint density at radius 2 is 1.54 bits per heavy atom. The molecule has 0 spiro atoms. The molecule has 362 valence electrons. The summed E-state index contributed by atoms with van der Waals surface area (Å²) in [5, 5.41) is 16.2. The number of benzene rings is 3. The average molecular weight is 980 g/mol. The van der Waals surface area contributed by atoms with Gasteiger partial charge in [0.2, 0.25) is 0 Å². The summed E-state index contributed by atoms with van der Waals surface area (Å²) in [7, 11) is 2.17. The molecule has 3 N–H and O–H groups in total. The summed E-state index contributed by atoms with van der Waals surface area (Å²) < 4.78 is 0. The first kappa shape index (κ1) is 49.9. The van der Waals surface area contributed by atoms with Crippen molar-refractivity contribution >= 4 is 57.1 Å². The van der Waals surface area contributed by atoms with E-state index in [1.807, 2.05) is 74.6 Å². The van der Waals surface area contributed by atoms with Crippen LogP contribution < -0.4 is 15.5 Å². The molecule has 9 rings (SSSR count). The number of Topliss-reactive ketones (excluding diaryl/α,β-unsaturated/α-hetero) is 1. The SMILES string of the molecule is Cc1ccc(CC(=O)c2ccc(CN3CCN(C)CC3)cc2)cc1Cc1nccc(-c2cccnc2)n1.Cc1nc(Nc2ncc(C(=O)Nc3c(C)cccc3Cl)s2)cc(N2CCN(CCO)CC2)n1. The number of halogens is 1. The Kier molecular flexibility index (Phi) is 17.0. The highest BCUT2D eigenvalue weighted by molar-refractivity contribution is 7.17. The number of nitrogens with zero attached hydrogens (tertiary/aromatic N) is 10. The standard InChI is InChI=1S/C31H33N5O.C22H26ClN7O2S/c1-23-5-6-25(18-28(23)20-31-33-13-11-29(34-31)27-4-3-12-32-21-27)19-30(37)26-9-7-24(8-10-26)22-36-16-14-35(2)15-17-36;1-14-4-3-5-16(23)20(14)28-21(32)17-13-24-22(33-17)27-18-12-19(26-15(2)25-18)30-8-6-29(7-9-30)10-11-31/h3-13,18,21H,14-17,19-20,22H2,1-2H3;3-5,12-13,31H,6-11H2,1-2H3,(H,28,32)(H,24,25,26,27). The second-order valence-corrected chi connectivity index (χ2v) is 19.1. The minimum absolute atomic E-state index is 0.135. The number of hydrogen-bond donors (Lipinski definition) is 3.